The average molecular weight is 871 g/mol. The second-order valence-corrected chi connectivity index (χ2v) is 21.1. The van der Waals surface area contributed by atoms with Gasteiger partial charge in [0.1, 0.15) is 0 Å². The van der Waals surface area contributed by atoms with E-state index in [1.54, 1.807) is 0 Å². The number of thioether (sulfide) groups is 4. The lowest BCUT2D eigenvalue weighted by atomic mass is 9.91. The summed E-state index contributed by atoms with van der Waals surface area (Å²) < 4.78 is 0. The number of aromatic nitrogens is 4. The first-order valence-corrected chi connectivity index (χ1v) is 27.1. The van der Waals surface area contributed by atoms with Crippen LogP contribution in [0.25, 0.3) is 76.5 Å². The van der Waals surface area contributed by atoms with Gasteiger partial charge in [0.15, 0.2) is 0 Å². The van der Waals surface area contributed by atoms with Crippen molar-refractivity contribution in [2.75, 3.05) is 23.0 Å². The summed E-state index contributed by atoms with van der Waals surface area (Å²) in [6.45, 7) is 9.16. The van der Waals surface area contributed by atoms with Gasteiger partial charge in [-0.05, 0) is 73.0 Å². The lowest BCUT2D eigenvalue weighted by molar-refractivity contribution is 0.706. The van der Waals surface area contributed by atoms with Crippen LogP contribution in [-0.2, 0) is 0 Å². The van der Waals surface area contributed by atoms with Gasteiger partial charge in [-0.25, -0.2) is 19.9 Å². The van der Waals surface area contributed by atoms with Crippen molar-refractivity contribution in [3.05, 3.63) is 60.7 Å². The van der Waals surface area contributed by atoms with E-state index < -0.39 is 0 Å². The Labute approximate surface area is 374 Å². The molecule has 0 bridgehead atoms. The van der Waals surface area contributed by atoms with Crippen LogP contribution in [0.15, 0.2) is 80.2 Å². The molecule has 8 aromatic rings. The molecule has 2 aromatic heterocycles. The molecule has 60 heavy (non-hydrogen) atoms. The van der Waals surface area contributed by atoms with Crippen LogP contribution in [0.5, 0.6) is 0 Å². The minimum Gasteiger partial charge on any atom is -0.244 e. The number of fused-ring (bicyclic) bond motifs is 8. The van der Waals surface area contributed by atoms with Gasteiger partial charge in [-0.2, -0.15) is 0 Å². The second-order valence-electron chi connectivity index (χ2n) is 16.5. The molecule has 8 heteroatoms. The predicted molar refractivity (Wildman–Crippen MR) is 271 cm³/mol. The minimum atomic E-state index is 0.974. The van der Waals surface area contributed by atoms with E-state index in [9.17, 15) is 0 Å². The van der Waals surface area contributed by atoms with Crippen LogP contribution in [0, 0.1) is 0 Å². The van der Waals surface area contributed by atoms with Crippen LogP contribution in [0.1, 0.15) is 130 Å². The molecule has 0 aliphatic carbocycles. The molecule has 0 spiro atoms. The fourth-order valence-corrected chi connectivity index (χ4v) is 13.2. The third-order valence-corrected chi connectivity index (χ3v) is 16.7. The van der Waals surface area contributed by atoms with Gasteiger partial charge < -0.3 is 0 Å². The number of unbranched alkanes of at least 4 members (excludes halogenated alkanes) is 12. The maximum absolute atomic E-state index is 5.52. The summed E-state index contributed by atoms with van der Waals surface area (Å²) >= 11 is 8.03. The first-order valence-electron chi connectivity index (χ1n) is 23.1. The quantitative estimate of drug-likeness (QED) is 0.0258. The summed E-state index contributed by atoms with van der Waals surface area (Å²) in [5.74, 6) is 4.57. The van der Waals surface area contributed by atoms with Crippen LogP contribution < -0.4 is 0 Å². The first kappa shape index (κ1) is 43.6. The molecule has 314 valence electrons. The molecule has 0 N–H and O–H groups in total. The Morgan fingerprint density at radius 2 is 0.583 bits per heavy atom. The zero-order valence-corrected chi connectivity index (χ0v) is 39.6. The molecule has 4 nitrogen and oxygen atoms in total. The number of hydrogen-bond donors (Lipinski definition) is 0. The lowest BCUT2D eigenvalue weighted by Crippen LogP contribution is -1.97. The Balaban J connectivity index is 1.26. The largest absolute Gasteiger partial charge is 0.244 e. The van der Waals surface area contributed by atoms with E-state index in [1.165, 1.54) is 133 Å². The number of nitrogens with zero attached hydrogens (tertiary/aromatic N) is 4. The lowest BCUT2D eigenvalue weighted by Gasteiger charge is -2.17. The van der Waals surface area contributed by atoms with Gasteiger partial charge in [0.2, 0.25) is 0 Å². The van der Waals surface area contributed by atoms with Crippen molar-refractivity contribution >= 4 is 123 Å². The Morgan fingerprint density at radius 1 is 0.333 bits per heavy atom. The Hall–Kier alpha value is -3.04. The van der Waals surface area contributed by atoms with Gasteiger partial charge in [-0.1, -0.05) is 141 Å². The molecule has 0 aliphatic heterocycles. The van der Waals surface area contributed by atoms with E-state index in [1.807, 2.05) is 47.0 Å². The van der Waals surface area contributed by atoms with Crippen molar-refractivity contribution in [1.29, 1.82) is 0 Å². The molecule has 6 aromatic carbocycles. The summed E-state index contributed by atoms with van der Waals surface area (Å²) in [6.07, 6.45) is 20.5. The summed E-state index contributed by atoms with van der Waals surface area (Å²) in [5.41, 5.74) is 7.84. The molecule has 0 amide bonds. The highest BCUT2D eigenvalue weighted by Crippen LogP contribution is 2.45. The fourth-order valence-electron chi connectivity index (χ4n) is 8.61. The van der Waals surface area contributed by atoms with Crippen molar-refractivity contribution in [3.63, 3.8) is 0 Å². The van der Waals surface area contributed by atoms with Crippen LogP contribution in [0.4, 0.5) is 0 Å². The van der Waals surface area contributed by atoms with Crippen LogP contribution in [0.2, 0.25) is 0 Å². The summed E-state index contributed by atoms with van der Waals surface area (Å²) in [7, 11) is 0. The number of rotatable bonds is 24. The van der Waals surface area contributed by atoms with Crippen molar-refractivity contribution < 1.29 is 0 Å². The highest BCUT2D eigenvalue weighted by Gasteiger charge is 2.22. The van der Waals surface area contributed by atoms with Gasteiger partial charge >= 0.3 is 0 Å². The molecule has 2 heterocycles. The van der Waals surface area contributed by atoms with E-state index >= 15 is 0 Å². The van der Waals surface area contributed by atoms with Crippen LogP contribution in [-0.4, -0.2) is 42.9 Å². The zero-order chi connectivity index (χ0) is 41.3. The third kappa shape index (κ3) is 9.62. The third-order valence-electron chi connectivity index (χ3n) is 11.9. The van der Waals surface area contributed by atoms with Crippen molar-refractivity contribution in [2.24, 2.45) is 0 Å². The predicted octanol–water partition coefficient (Wildman–Crippen LogP) is 17.5. The Bertz CT molecular complexity index is 2340. The number of hydrogen-bond acceptors (Lipinski definition) is 8. The van der Waals surface area contributed by atoms with Crippen LogP contribution in [0.3, 0.4) is 0 Å². The molecule has 8 rings (SSSR count). The molecule has 0 saturated heterocycles. The highest BCUT2D eigenvalue weighted by atomic mass is 32.2. The van der Waals surface area contributed by atoms with E-state index in [0.29, 0.717) is 0 Å². The van der Waals surface area contributed by atoms with Gasteiger partial charge in [-0.3, -0.25) is 0 Å². The van der Waals surface area contributed by atoms with E-state index in [0.717, 1.165) is 88.7 Å². The standard InChI is InChI=1S/C52H62N4S4/c1-5-9-13-17-27-57-43-31-39-40(32-44(43)58-28-18-14-10-6-2)54-50-36-24-22-26-38-48(36)47-35(49(50)53-39)23-21-25-37(47)51-52(38)56-42-34-46(60-30-20-16-12-8-4)45(33-41(42)55-51)59-29-19-15-11-7-3/h21-26,31-34H,5-20,27-30H2,1-4H3. The Morgan fingerprint density at radius 3 is 0.817 bits per heavy atom. The van der Waals surface area contributed by atoms with Gasteiger partial charge in [0, 0.05) is 51.9 Å². The molecular weight excluding hydrogens is 809 g/mol. The summed E-state index contributed by atoms with van der Waals surface area (Å²) in [6, 6.07) is 22.7. The van der Waals surface area contributed by atoms with Gasteiger partial charge in [-0.15, -0.1) is 47.0 Å². The monoisotopic (exact) mass is 870 g/mol. The molecule has 0 radical (unpaired) electrons. The second kappa shape index (κ2) is 21.4. The number of benzene rings is 6. The molecule has 0 saturated carbocycles. The van der Waals surface area contributed by atoms with E-state index in [2.05, 4.69) is 88.4 Å². The molecule has 0 unspecified atom stereocenters. The Kier molecular flexibility index (Phi) is 15.5. The maximum Gasteiger partial charge on any atom is 0.0979 e. The summed E-state index contributed by atoms with van der Waals surface area (Å²) in [5, 5.41) is 7.02. The van der Waals surface area contributed by atoms with Crippen molar-refractivity contribution in [2.45, 2.75) is 150 Å². The molecule has 0 atom stereocenters. The molecule has 0 aliphatic rings. The zero-order valence-electron chi connectivity index (χ0n) is 36.3. The first-order chi connectivity index (χ1) is 29.6. The van der Waals surface area contributed by atoms with E-state index in [4.69, 9.17) is 19.9 Å². The van der Waals surface area contributed by atoms with Gasteiger partial charge in [0.25, 0.3) is 0 Å². The van der Waals surface area contributed by atoms with E-state index in [-0.39, 0.29) is 0 Å². The maximum atomic E-state index is 5.52. The molecule has 0 fully saturated rings. The topological polar surface area (TPSA) is 51.6 Å². The molecular formula is C52H62N4S4. The SMILES string of the molecule is CCCCCCSc1cc2nc3c4cccc5c6nc7cc(SCCCCCC)c(SCCCCCC)cc7nc6c6cccc(c3nc2cc1SCCCCCC)c6c45. The highest BCUT2D eigenvalue weighted by molar-refractivity contribution is 8.02. The van der Waals surface area contributed by atoms with Gasteiger partial charge in [0.05, 0.1) is 44.1 Å². The van der Waals surface area contributed by atoms with Crippen LogP contribution >= 0.6 is 47.0 Å². The van der Waals surface area contributed by atoms with Crippen molar-refractivity contribution in [1.82, 2.24) is 19.9 Å². The van der Waals surface area contributed by atoms with Crippen molar-refractivity contribution in [3.8, 4) is 0 Å². The smallest absolute Gasteiger partial charge is 0.0979 e. The average Bonchev–Trinajstić information content (AvgIpc) is 3.27. The normalized spacial score (nSPS) is 12.3. The fraction of sp³-hybridized carbons (Fsp3) is 0.462. The minimum absolute atomic E-state index is 0.974. The summed E-state index contributed by atoms with van der Waals surface area (Å²) in [4.78, 5) is 27.5.